The van der Waals surface area contributed by atoms with Gasteiger partial charge < -0.3 is 10.1 Å². The van der Waals surface area contributed by atoms with Gasteiger partial charge in [-0.1, -0.05) is 23.7 Å². The smallest absolute Gasteiger partial charge is 0.277 e. The standard InChI is InChI=1S/C19H20ClN3O3/c1-12-9-17(7-8-18(12)20)26-11-19(25)23-22-13(2)15-5-4-6-16(10-15)21-14(3)24/h4-10H,11H2,1-3H3,(H,21,24)(H,23,25). The van der Waals surface area contributed by atoms with Crippen LogP contribution in [0.25, 0.3) is 0 Å². The Labute approximate surface area is 157 Å². The molecule has 0 atom stereocenters. The summed E-state index contributed by atoms with van der Waals surface area (Å²) in [6, 6.07) is 12.4. The van der Waals surface area contributed by atoms with Crippen LogP contribution in [0.4, 0.5) is 5.69 Å². The molecule has 2 N–H and O–H groups in total. The fourth-order valence-electron chi connectivity index (χ4n) is 2.12. The van der Waals surface area contributed by atoms with E-state index in [1.807, 2.05) is 13.0 Å². The number of anilines is 1. The van der Waals surface area contributed by atoms with Crippen molar-refractivity contribution in [1.82, 2.24) is 5.43 Å². The van der Waals surface area contributed by atoms with Crippen LogP contribution in [-0.4, -0.2) is 24.1 Å². The van der Waals surface area contributed by atoms with Crippen LogP contribution in [0.1, 0.15) is 25.0 Å². The first-order valence-electron chi connectivity index (χ1n) is 7.95. The van der Waals surface area contributed by atoms with E-state index in [0.29, 0.717) is 22.2 Å². The number of amides is 2. The summed E-state index contributed by atoms with van der Waals surface area (Å²) in [5.41, 5.74) is 5.37. The van der Waals surface area contributed by atoms with E-state index in [1.54, 1.807) is 43.3 Å². The Morgan fingerprint density at radius 2 is 1.92 bits per heavy atom. The predicted molar refractivity (Wildman–Crippen MR) is 103 cm³/mol. The van der Waals surface area contributed by atoms with E-state index >= 15 is 0 Å². The number of rotatable bonds is 6. The van der Waals surface area contributed by atoms with E-state index in [0.717, 1.165) is 11.1 Å². The van der Waals surface area contributed by atoms with Crippen molar-refractivity contribution in [1.29, 1.82) is 0 Å². The summed E-state index contributed by atoms with van der Waals surface area (Å²) in [6.07, 6.45) is 0. The number of aryl methyl sites for hydroxylation is 1. The molecular formula is C19H20ClN3O3. The van der Waals surface area contributed by atoms with Crippen molar-refractivity contribution < 1.29 is 14.3 Å². The minimum atomic E-state index is -0.380. The zero-order valence-corrected chi connectivity index (χ0v) is 15.6. The summed E-state index contributed by atoms with van der Waals surface area (Å²) in [5, 5.41) is 7.41. The summed E-state index contributed by atoms with van der Waals surface area (Å²) in [5.74, 6) is 0.0281. The third kappa shape index (κ3) is 5.89. The third-order valence-corrected chi connectivity index (χ3v) is 3.87. The minimum Gasteiger partial charge on any atom is -0.484 e. The summed E-state index contributed by atoms with van der Waals surface area (Å²) in [6.45, 7) is 4.90. The number of hydrogen-bond donors (Lipinski definition) is 2. The number of hydrogen-bond acceptors (Lipinski definition) is 4. The van der Waals surface area contributed by atoms with Gasteiger partial charge in [-0.25, -0.2) is 5.43 Å². The van der Waals surface area contributed by atoms with Gasteiger partial charge in [-0.3, -0.25) is 9.59 Å². The molecule has 0 aliphatic carbocycles. The highest BCUT2D eigenvalue weighted by Crippen LogP contribution is 2.20. The molecule has 2 rings (SSSR count). The minimum absolute atomic E-state index is 0.153. The number of carbonyl (C=O) groups excluding carboxylic acids is 2. The number of carbonyl (C=O) groups is 2. The largest absolute Gasteiger partial charge is 0.484 e. The number of ether oxygens (including phenoxy) is 1. The molecule has 2 aromatic carbocycles. The van der Waals surface area contributed by atoms with Crippen molar-refractivity contribution in [3.63, 3.8) is 0 Å². The quantitative estimate of drug-likeness (QED) is 0.600. The van der Waals surface area contributed by atoms with Crippen LogP contribution in [-0.2, 0) is 9.59 Å². The molecule has 0 fully saturated rings. The normalized spacial score (nSPS) is 11.0. The van der Waals surface area contributed by atoms with E-state index < -0.39 is 0 Å². The van der Waals surface area contributed by atoms with Gasteiger partial charge in [-0.05, 0) is 55.3 Å². The Bertz CT molecular complexity index is 850. The molecule has 0 aliphatic rings. The van der Waals surface area contributed by atoms with Crippen LogP contribution >= 0.6 is 11.6 Å². The molecular weight excluding hydrogens is 354 g/mol. The molecule has 6 nitrogen and oxygen atoms in total. The molecule has 0 unspecified atom stereocenters. The average Bonchev–Trinajstić information content (AvgIpc) is 2.60. The fraction of sp³-hybridized carbons (Fsp3) is 0.211. The molecule has 2 aromatic rings. The second kappa shape index (κ2) is 9.01. The molecule has 0 bridgehead atoms. The first kappa shape index (κ1) is 19.5. The van der Waals surface area contributed by atoms with Gasteiger partial charge in [0.15, 0.2) is 6.61 Å². The Hall–Kier alpha value is -2.86. The molecule has 2 amide bonds. The van der Waals surface area contributed by atoms with Crippen LogP contribution in [0, 0.1) is 6.92 Å². The van der Waals surface area contributed by atoms with Crippen LogP contribution in [0.5, 0.6) is 5.75 Å². The first-order valence-corrected chi connectivity index (χ1v) is 8.33. The fourth-order valence-corrected chi connectivity index (χ4v) is 2.24. The van der Waals surface area contributed by atoms with Crippen molar-refractivity contribution in [2.75, 3.05) is 11.9 Å². The van der Waals surface area contributed by atoms with Gasteiger partial charge in [0.2, 0.25) is 5.91 Å². The van der Waals surface area contributed by atoms with Crippen molar-refractivity contribution in [2.24, 2.45) is 5.10 Å². The predicted octanol–water partition coefficient (Wildman–Crippen LogP) is 3.53. The Morgan fingerprint density at radius 1 is 1.15 bits per heavy atom. The highest BCUT2D eigenvalue weighted by molar-refractivity contribution is 6.31. The lowest BCUT2D eigenvalue weighted by atomic mass is 10.1. The van der Waals surface area contributed by atoms with E-state index in [9.17, 15) is 9.59 Å². The summed E-state index contributed by atoms with van der Waals surface area (Å²) in [7, 11) is 0. The summed E-state index contributed by atoms with van der Waals surface area (Å²) in [4.78, 5) is 23.0. The van der Waals surface area contributed by atoms with Gasteiger partial charge in [0.25, 0.3) is 5.91 Å². The zero-order chi connectivity index (χ0) is 19.1. The molecule has 0 spiro atoms. The van der Waals surface area contributed by atoms with Gasteiger partial charge in [-0.2, -0.15) is 5.10 Å². The van der Waals surface area contributed by atoms with Crippen LogP contribution in [0.2, 0.25) is 5.02 Å². The maximum Gasteiger partial charge on any atom is 0.277 e. The Balaban J connectivity index is 1.92. The summed E-state index contributed by atoms with van der Waals surface area (Å²) >= 11 is 5.95. The summed E-state index contributed by atoms with van der Waals surface area (Å²) < 4.78 is 5.42. The molecule has 0 radical (unpaired) electrons. The lowest BCUT2D eigenvalue weighted by Gasteiger charge is -2.08. The molecule has 0 saturated carbocycles. The van der Waals surface area contributed by atoms with Crippen LogP contribution in [0.15, 0.2) is 47.6 Å². The maximum absolute atomic E-state index is 11.9. The van der Waals surface area contributed by atoms with Gasteiger partial charge in [0.05, 0.1) is 5.71 Å². The second-order valence-corrected chi connectivity index (χ2v) is 6.10. The van der Waals surface area contributed by atoms with Gasteiger partial charge in [-0.15, -0.1) is 0 Å². The second-order valence-electron chi connectivity index (χ2n) is 5.69. The number of nitrogens with zero attached hydrogens (tertiary/aromatic N) is 1. The number of nitrogens with one attached hydrogen (secondary N) is 2. The molecule has 0 heterocycles. The van der Waals surface area contributed by atoms with Crippen molar-refractivity contribution >= 4 is 34.8 Å². The van der Waals surface area contributed by atoms with Gasteiger partial charge in [0, 0.05) is 17.6 Å². The van der Waals surface area contributed by atoms with E-state index in [1.165, 1.54) is 6.92 Å². The van der Waals surface area contributed by atoms with Crippen molar-refractivity contribution in [3.05, 3.63) is 58.6 Å². The Kier molecular flexibility index (Phi) is 6.74. The number of hydrazone groups is 1. The van der Waals surface area contributed by atoms with E-state index in [2.05, 4.69) is 15.8 Å². The van der Waals surface area contributed by atoms with Crippen LogP contribution < -0.4 is 15.5 Å². The highest BCUT2D eigenvalue weighted by Gasteiger charge is 2.05. The topological polar surface area (TPSA) is 79.8 Å². The lowest BCUT2D eigenvalue weighted by Crippen LogP contribution is -2.25. The molecule has 7 heteroatoms. The Morgan fingerprint density at radius 3 is 2.62 bits per heavy atom. The van der Waals surface area contributed by atoms with E-state index in [-0.39, 0.29) is 18.4 Å². The van der Waals surface area contributed by atoms with Gasteiger partial charge >= 0.3 is 0 Å². The molecule has 136 valence electrons. The average molecular weight is 374 g/mol. The van der Waals surface area contributed by atoms with Crippen molar-refractivity contribution in [2.45, 2.75) is 20.8 Å². The first-order chi connectivity index (χ1) is 12.3. The van der Waals surface area contributed by atoms with Crippen LogP contribution in [0.3, 0.4) is 0 Å². The monoisotopic (exact) mass is 373 g/mol. The van der Waals surface area contributed by atoms with Crippen molar-refractivity contribution in [3.8, 4) is 5.75 Å². The third-order valence-electron chi connectivity index (χ3n) is 3.45. The number of halogens is 1. The zero-order valence-electron chi connectivity index (χ0n) is 14.8. The number of benzene rings is 2. The lowest BCUT2D eigenvalue weighted by molar-refractivity contribution is -0.123. The molecule has 0 aliphatic heterocycles. The highest BCUT2D eigenvalue weighted by atomic mass is 35.5. The van der Waals surface area contributed by atoms with Gasteiger partial charge in [0.1, 0.15) is 5.75 Å². The molecule has 0 aromatic heterocycles. The SMILES string of the molecule is CC(=O)Nc1cccc(C(C)=NNC(=O)COc2ccc(Cl)c(C)c2)c1. The maximum atomic E-state index is 11.9. The molecule has 0 saturated heterocycles. The molecule has 26 heavy (non-hydrogen) atoms. The van der Waals surface area contributed by atoms with E-state index in [4.69, 9.17) is 16.3 Å².